The number of anilines is 3. The number of rotatable bonds is 7. The van der Waals surface area contributed by atoms with E-state index in [0.717, 1.165) is 17.7 Å². The fourth-order valence-corrected chi connectivity index (χ4v) is 2.73. The highest BCUT2D eigenvalue weighted by molar-refractivity contribution is 5.67. The molecule has 0 amide bonds. The molecule has 0 saturated carbocycles. The van der Waals surface area contributed by atoms with Gasteiger partial charge in [0.1, 0.15) is 5.82 Å². The summed E-state index contributed by atoms with van der Waals surface area (Å²) in [6.45, 7) is 3.83. The molecule has 2 heterocycles. The number of aromatic nitrogens is 3. The van der Waals surface area contributed by atoms with Gasteiger partial charge in [0.2, 0.25) is 5.95 Å². The number of nitrogens with one attached hydrogen (secondary N) is 2. The van der Waals surface area contributed by atoms with Crippen LogP contribution in [0.25, 0.3) is 11.3 Å². The van der Waals surface area contributed by atoms with Crippen molar-refractivity contribution >= 4 is 17.5 Å². The Morgan fingerprint density at radius 3 is 2.23 bits per heavy atom. The van der Waals surface area contributed by atoms with Crippen molar-refractivity contribution in [2.24, 2.45) is 5.92 Å². The van der Waals surface area contributed by atoms with Crippen LogP contribution in [0.4, 0.5) is 30.6 Å². The van der Waals surface area contributed by atoms with Crippen molar-refractivity contribution in [1.82, 2.24) is 15.0 Å². The van der Waals surface area contributed by atoms with E-state index in [1.165, 1.54) is 12.1 Å². The van der Waals surface area contributed by atoms with Crippen LogP contribution in [0.5, 0.6) is 0 Å². The summed E-state index contributed by atoms with van der Waals surface area (Å²) >= 11 is 0. The molecule has 158 valence electrons. The SMILES string of the molecule is CC(C)[C@H](CO)Nc1nc(Nc2ccc(C(F)(F)F)cc2)cc(-c2ccncc2)n1. The Balaban J connectivity index is 1.93. The van der Waals surface area contributed by atoms with E-state index in [4.69, 9.17) is 0 Å². The molecule has 6 nitrogen and oxygen atoms in total. The van der Waals surface area contributed by atoms with Crippen LogP contribution in [0.3, 0.4) is 0 Å². The van der Waals surface area contributed by atoms with Gasteiger partial charge in [-0.05, 0) is 42.3 Å². The zero-order valence-electron chi connectivity index (χ0n) is 16.5. The second kappa shape index (κ2) is 9.08. The predicted octanol–water partition coefficient (Wildman–Crippen LogP) is 4.73. The van der Waals surface area contributed by atoms with Crippen molar-refractivity contribution in [1.29, 1.82) is 0 Å². The van der Waals surface area contributed by atoms with Crippen LogP contribution in [-0.2, 0) is 6.18 Å². The minimum atomic E-state index is -4.39. The van der Waals surface area contributed by atoms with Crippen molar-refractivity contribution < 1.29 is 18.3 Å². The second-order valence-electron chi connectivity index (χ2n) is 7.08. The first-order valence-electron chi connectivity index (χ1n) is 9.37. The molecule has 3 N–H and O–H groups in total. The molecule has 2 aromatic heterocycles. The van der Waals surface area contributed by atoms with E-state index < -0.39 is 11.7 Å². The average molecular weight is 417 g/mol. The van der Waals surface area contributed by atoms with Crippen LogP contribution in [-0.4, -0.2) is 32.7 Å². The summed E-state index contributed by atoms with van der Waals surface area (Å²) in [5.74, 6) is 0.834. The van der Waals surface area contributed by atoms with Crippen molar-refractivity contribution in [3.8, 4) is 11.3 Å². The highest BCUT2D eigenvalue weighted by Crippen LogP contribution is 2.30. The number of alkyl halides is 3. The molecule has 0 fully saturated rings. The first-order chi connectivity index (χ1) is 14.3. The first-order valence-corrected chi connectivity index (χ1v) is 9.37. The van der Waals surface area contributed by atoms with Gasteiger partial charge in [-0.2, -0.15) is 18.2 Å². The molecule has 0 radical (unpaired) electrons. The normalized spacial score (nSPS) is 12.6. The fraction of sp³-hybridized carbons (Fsp3) is 0.286. The second-order valence-corrected chi connectivity index (χ2v) is 7.08. The number of nitrogens with zero attached hydrogens (tertiary/aromatic N) is 3. The van der Waals surface area contributed by atoms with E-state index >= 15 is 0 Å². The number of aliphatic hydroxyl groups is 1. The monoisotopic (exact) mass is 417 g/mol. The van der Waals surface area contributed by atoms with E-state index in [9.17, 15) is 18.3 Å². The first kappa shape index (κ1) is 21.5. The van der Waals surface area contributed by atoms with Crippen molar-refractivity contribution in [2.45, 2.75) is 26.1 Å². The number of hydrogen-bond acceptors (Lipinski definition) is 6. The Bertz CT molecular complexity index is 963. The number of benzene rings is 1. The van der Waals surface area contributed by atoms with Crippen LogP contribution in [0, 0.1) is 5.92 Å². The Morgan fingerprint density at radius 1 is 1.00 bits per heavy atom. The third-order valence-electron chi connectivity index (χ3n) is 4.50. The summed E-state index contributed by atoms with van der Waals surface area (Å²) in [5, 5.41) is 15.7. The van der Waals surface area contributed by atoms with Crippen LogP contribution < -0.4 is 10.6 Å². The van der Waals surface area contributed by atoms with E-state index in [2.05, 4.69) is 25.6 Å². The lowest BCUT2D eigenvalue weighted by Gasteiger charge is -2.20. The zero-order valence-corrected chi connectivity index (χ0v) is 16.5. The van der Waals surface area contributed by atoms with E-state index in [1.807, 2.05) is 13.8 Å². The number of aliphatic hydroxyl groups excluding tert-OH is 1. The maximum absolute atomic E-state index is 12.8. The van der Waals surface area contributed by atoms with Gasteiger partial charge in [0.25, 0.3) is 0 Å². The molecule has 1 atom stereocenters. The minimum Gasteiger partial charge on any atom is -0.394 e. The highest BCUT2D eigenvalue weighted by atomic mass is 19.4. The minimum absolute atomic E-state index is 0.0951. The van der Waals surface area contributed by atoms with Gasteiger partial charge < -0.3 is 15.7 Å². The molecule has 3 rings (SSSR count). The van der Waals surface area contributed by atoms with Crippen LogP contribution in [0.15, 0.2) is 54.9 Å². The molecule has 0 spiro atoms. The summed E-state index contributed by atoms with van der Waals surface area (Å²) in [4.78, 5) is 12.9. The molecule has 0 bridgehead atoms. The molecule has 0 aliphatic carbocycles. The van der Waals surface area contributed by atoms with Crippen LogP contribution in [0.2, 0.25) is 0 Å². The quantitative estimate of drug-likeness (QED) is 0.516. The molecule has 0 unspecified atom stereocenters. The molecule has 30 heavy (non-hydrogen) atoms. The molecule has 3 aromatic rings. The van der Waals surface area contributed by atoms with Gasteiger partial charge in [-0.1, -0.05) is 13.8 Å². The lowest BCUT2D eigenvalue weighted by atomic mass is 10.1. The third kappa shape index (κ3) is 5.44. The average Bonchev–Trinajstić information content (AvgIpc) is 2.72. The lowest BCUT2D eigenvalue weighted by Crippen LogP contribution is -2.30. The Labute approximate surface area is 172 Å². The topological polar surface area (TPSA) is 83.0 Å². The van der Waals surface area contributed by atoms with Gasteiger partial charge in [-0.25, -0.2) is 4.98 Å². The highest BCUT2D eigenvalue weighted by Gasteiger charge is 2.30. The number of halogens is 3. The number of pyridine rings is 1. The molecular weight excluding hydrogens is 395 g/mol. The van der Waals surface area contributed by atoms with E-state index in [-0.39, 0.29) is 18.6 Å². The van der Waals surface area contributed by atoms with Gasteiger partial charge in [0.05, 0.1) is 23.9 Å². The molecule has 0 saturated heterocycles. The summed E-state index contributed by atoms with van der Waals surface area (Å²) in [7, 11) is 0. The summed E-state index contributed by atoms with van der Waals surface area (Å²) in [6.07, 6.45) is -1.12. The van der Waals surface area contributed by atoms with Crippen molar-refractivity contribution in [2.75, 3.05) is 17.2 Å². The molecular formula is C21H22F3N5O. The Hall–Kier alpha value is -3.20. The maximum atomic E-state index is 12.8. The van der Waals surface area contributed by atoms with Gasteiger partial charge in [-0.15, -0.1) is 0 Å². The van der Waals surface area contributed by atoms with Gasteiger partial charge in [0.15, 0.2) is 0 Å². The summed E-state index contributed by atoms with van der Waals surface area (Å²) in [6, 6.07) is 9.72. The molecule has 9 heteroatoms. The predicted molar refractivity (Wildman–Crippen MR) is 109 cm³/mol. The molecule has 0 aliphatic heterocycles. The molecule has 1 aromatic carbocycles. The van der Waals surface area contributed by atoms with Crippen LogP contribution in [0.1, 0.15) is 19.4 Å². The standard InChI is InChI=1S/C21H22F3N5O/c1-13(2)18(12-30)28-20-27-17(14-7-9-25-10-8-14)11-19(29-20)26-16-5-3-15(4-6-16)21(22,23)24/h3-11,13,18,30H,12H2,1-2H3,(H2,26,27,28,29)/t18-/m0/s1. The van der Waals surface area contributed by atoms with Crippen LogP contribution >= 0.6 is 0 Å². The smallest absolute Gasteiger partial charge is 0.394 e. The Kier molecular flexibility index (Phi) is 6.51. The van der Waals surface area contributed by atoms with E-state index in [1.54, 1.807) is 30.6 Å². The van der Waals surface area contributed by atoms with Gasteiger partial charge >= 0.3 is 6.18 Å². The fourth-order valence-electron chi connectivity index (χ4n) is 2.73. The number of hydrogen-bond donors (Lipinski definition) is 3. The van der Waals surface area contributed by atoms with E-state index in [0.29, 0.717) is 23.1 Å². The Morgan fingerprint density at radius 2 is 1.67 bits per heavy atom. The van der Waals surface area contributed by atoms with Gasteiger partial charge in [-0.3, -0.25) is 4.98 Å². The molecule has 0 aliphatic rings. The lowest BCUT2D eigenvalue weighted by molar-refractivity contribution is -0.137. The maximum Gasteiger partial charge on any atom is 0.416 e. The summed E-state index contributed by atoms with van der Waals surface area (Å²) < 4.78 is 38.4. The largest absolute Gasteiger partial charge is 0.416 e. The summed E-state index contributed by atoms with van der Waals surface area (Å²) in [5.41, 5.74) is 1.13. The van der Waals surface area contributed by atoms with Gasteiger partial charge in [0, 0.05) is 29.7 Å². The van der Waals surface area contributed by atoms with Crippen molar-refractivity contribution in [3.05, 3.63) is 60.4 Å². The van der Waals surface area contributed by atoms with Crippen molar-refractivity contribution in [3.63, 3.8) is 0 Å². The zero-order chi connectivity index (χ0) is 21.7. The third-order valence-corrected chi connectivity index (χ3v) is 4.50.